The van der Waals surface area contributed by atoms with E-state index in [2.05, 4.69) is 18.6 Å². The molecule has 29 heavy (non-hydrogen) atoms. The second-order valence-electron chi connectivity index (χ2n) is 8.39. The van der Waals surface area contributed by atoms with Crippen LogP contribution in [0.25, 0.3) is 0 Å². The van der Waals surface area contributed by atoms with Gasteiger partial charge in [-0.25, -0.2) is 4.79 Å². The molecule has 1 amide bonds. The molecule has 0 radical (unpaired) electrons. The van der Waals surface area contributed by atoms with Crippen LogP contribution in [0.2, 0.25) is 5.02 Å². The van der Waals surface area contributed by atoms with Crippen molar-refractivity contribution in [3.63, 3.8) is 0 Å². The van der Waals surface area contributed by atoms with E-state index in [-0.39, 0.29) is 18.5 Å². The first-order chi connectivity index (χ1) is 13.6. The second kappa shape index (κ2) is 8.45. The summed E-state index contributed by atoms with van der Waals surface area (Å²) in [4.78, 5) is 25.7. The summed E-state index contributed by atoms with van der Waals surface area (Å²) < 4.78 is 5.48. The molecule has 1 aliphatic rings. The smallest absolute Gasteiger partial charge is 0.344 e. The standard InChI is InChI=1S/C23H27ClNO3P/c1-16-12-19(24)13-17(2)21(16)25-22(27)23(10-11-23)29(3,4)15-20(26)28-14-18-8-6-5-7-9-18/h5-9,12-13H,10-11,14-15H2,1-4H3/p+1. The average molecular weight is 433 g/mol. The van der Waals surface area contributed by atoms with Crippen LogP contribution in [0.15, 0.2) is 42.5 Å². The maximum Gasteiger partial charge on any atom is 0.344 e. The zero-order chi connectivity index (χ0) is 21.2. The molecule has 0 saturated heterocycles. The second-order valence-corrected chi connectivity index (χ2v) is 13.4. The molecule has 0 unspecified atom stereocenters. The fraction of sp³-hybridized carbons (Fsp3) is 0.391. The fourth-order valence-corrected chi connectivity index (χ4v) is 7.12. The number of hydrogen-bond acceptors (Lipinski definition) is 3. The van der Waals surface area contributed by atoms with E-state index in [4.69, 9.17) is 16.3 Å². The van der Waals surface area contributed by atoms with Crippen LogP contribution in [-0.2, 0) is 20.9 Å². The van der Waals surface area contributed by atoms with Gasteiger partial charge < -0.3 is 10.1 Å². The van der Waals surface area contributed by atoms with Gasteiger partial charge in [0.15, 0.2) is 11.3 Å². The highest BCUT2D eigenvalue weighted by atomic mass is 35.5. The average Bonchev–Trinajstić information content (AvgIpc) is 3.46. The first-order valence-corrected chi connectivity index (χ1v) is 13.0. The highest BCUT2D eigenvalue weighted by Crippen LogP contribution is 2.74. The Labute approximate surface area is 178 Å². The van der Waals surface area contributed by atoms with Crippen molar-refractivity contribution >= 4 is 36.4 Å². The van der Waals surface area contributed by atoms with Gasteiger partial charge in [0.05, 0.1) is 13.3 Å². The van der Waals surface area contributed by atoms with Gasteiger partial charge in [-0.15, -0.1) is 0 Å². The van der Waals surface area contributed by atoms with Gasteiger partial charge in [0.1, 0.15) is 6.61 Å². The number of amides is 1. The molecule has 1 saturated carbocycles. The minimum Gasteiger partial charge on any atom is -0.458 e. The van der Waals surface area contributed by atoms with Crippen molar-refractivity contribution < 1.29 is 14.3 Å². The number of ether oxygens (including phenoxy) is 1. The summed E-state index contributed by atoms with van der Waals surface area (Å²) in [6.45, 7) is 8.32. The lowest BCUT2D eigenvalue weighted by Crippen LogP contribution is -2.35. The van der Waals surface area contributed by atoms with Gasteiger partial charge in [-0.05, 0) is 42.7 Å². The largest absolute Gasteiger partial charge is 0.458 e. The third kappa shape index (κ3) is 4.82. The summed E-state index contributed by atoms with van der Waals surface area (Å²) in [5.41, 5.74) is 3.66. The van der Waals surface area contributed by atoms with Gasteiger partial charge in [0.2, 0.25) is 0 Å². The predicted octanol–water partition coefficient (Wildman–Crippen LogP) is 5.45. The molecular weight excluding hydrogens is 405 g/mol. The summed E-state index contributed by atoms with van der Waals surface area (Å²) in [5, 5.41) is 3.34. The van der Waals surface area contributed by atoms with E-state index in [1.165, 1.54) is 0 Å². The number of benzene rings is 2. The first-order valence-electron chi connectivity index (χ1n) is 9.75. The fourth-order valence-electron chi connectivity index (χ4n) is 3.82. The number of aryl methyl sites for hydroxylation is 2. The Balaban J connectivity index is 1.66. The van der Waals surface area contributed by atoms with Crippen LogP contribution >= 0.6 is 18.9 Å². The number of carbonyl (C=O) groups is 2. The molecule has 3 rings (SSSR count). The first kappa shape index (κ1) is 21.8. The summed E-state index contributed by atoms with van der Waals surface area (Å²) >= 11 is 6.11. The Kier molecular flexibility index (Phi) is 6.36. The molecule has 0 heterocycles. The van der Waals surface area contributed by atoms with Crippen molar-refractivity contribution in [3.05, 3.63) is 64.2 Å². The summed E-state index contributed by atoms with van der Waals surface area (Å²) in [7, 11) is -1.86. The van der Waals surface area contributed by atoms with Crippen LogP contribution in [0, 0.1) is 13.8 Å². The topological polar surface area (TPSA) is 55.4 Å². The number of esters is 1. The SMILES string of the molecule is Cc1cc(Cl)cc(C)c1NC(=O)C1([P+](C)(C)CC(=O)OCc2ccccc2)CC1. The summed E-state index contributed by atoms with van der Waals surface area (Å²) in [6, 6.07) is 13.3. The van der Waals surface area contributed by atoms with E-state index in [0.717, 1.165) is 35.2 Å². The number of carbonyl (C=O) groups excluding carboxylic acids is 2. The van der Waals surface area contributed by atoms with E-state index in [9.17, 15) is 9.59 Å². The lowest BCUT2D eigenvalue weighted by Gasteiger charge is -2.27. The van der Waals surface area contributed by atoms with Crippen molar-refractivity contribution in [1.82, 2.24) is 0 Å². The molecule has 0 atom stereocenters. The van der Waals surface area contributed by atoms with Crippen molar-refractivity contribution in [2.75, 3.05) is 24.8 Å². The Hall–Kier alpha value is -1.90. The zero-order valence-electron chi connectivity index (χ0n) is 17.4. The van der Waals surface area contributed by atoms with Gasteiger partial charge in [-0.1, -0.05) is 41.9 Å². The van der Waals surface area contributed by atoms with Crippen molar-refractivity contribution in [1.29, 1.82) is 0 Å². The van der Waals surface area contributed by atoms with Gasteiger partial charge in [0.25, 0.3) is 5.91 Å². The number of anilines is 1. The monoisotopic (exact) mass is 432 g/mol. The van der Waals surface area contributed by atoms with Crippen molar-refractivity contribution in [2.24, 2.45) is 0 Å². The van der Waals surface area contributed by atoms with E-state index in [0.29, 0.717) is 11.2 Å². The van der Waals surface area contributed by atoms with Crippen LogP contribution in [0.1, 0.15) is 29.5 Å². The Morgan fingerprint density at radius 2 is 1.69 bits per heavy atom. The molecule has 2 aromatic carbocycles. The van der Waals surface area contributed by atoms with E-state index in [1.807, 2.05) is 56.3 Å². The molecule has 1 fully saturated rings. The number of halogens is 1. The molecule has 0 bridgehead atoms. The maximum atomic E-state index is 13.2. The minimum absolute atomic E-state index is 0.0141. The lowest BCUT2D eigenvalue weighted by atomic mass is 10.1. The lowest BCUT2D eigenvalue weighted by molar-refractivity contribution is -0.141. The molecule has 6 heteroatoms. The Morgan fingerprint density at radius 1 is 1.10 bits per heavy atom. The Bertz CT molecular complexity index is 900. The van der Waals surface area contributed by atoms with Gasteiger partial charge in [0, 0.05) is 30.8 Å². The molecule has 2 aromatic rings. The summed E-state index contributed by atoms with van der Waals surface area (Å²) in [5.74, 6) is -0.217. The normalized spacial score (nSPS) is 14.9. The number of rotatable bonds is 7. The van der Waals surface area contributed by atoms with Crippen molar-refractivity contribution in [2.45, 2.75) is 38.5 Å². The van der Waals surface area contributed by atoms with Crippen LogP contribution < -0.4 is 5.32 Å². The summed E-state index contributed by atoms with van der Waals surface area (Å²) in [6.07, 6.45) is 1.94. The molecule has 1 N–H and O–H groups in total. The van der Waals surface area contributed by atoms with Crippen LogP contribution in [0.3, 0.4) is 0 Å². The molecule has 0 aliphatic heterocycles. The molecule has 1 aliphatic carbocycles. The van der Waals surface area contributed by atoms with Gasteiger partial charge >= 0.3 is 5.97 Å². The van der Waals surface area contributed by atoms with Crippen LogP contribution in [-0.4, -0.2) is 36.5 Å². The van der Waals surface area contributed by atoms with Crippen LogP contribution in [0.4, 0.5) is 5.69 Å². The quantitative estimate of drug-likeness (QED) is 0.467. The third-order valence-corrected chi connectivity index (χ3v) is 10.0. The van der Waals surface area contributed by atoms with E-state index < -0.39 is 12.4 Å². The predicted molar refractivity (Wildman–Crippen MR) is 121 cm³/mol. The van der Waals surface area contributed by atoms with Gasteiger partial charge in [-0.2, -0.15) is 0 Å². The molecule has 4 nitrogen and oxygen atoms in total. The highest BCUT2D eigenvalue weighted by Gasteiger charge is 2.67. The van der Waals surface area contributed by atoms with E-state index >= 15 is 0 Å². The third-order valence-electron chi connectivity index (χ3n) is 5.81. The molecule has 0 aromatic heterocycles. The Morgan fingerprint density at radius 3 is 2.24 bits per heavy atom. The minimum atomic E-state index is -1.86. The molecular formula is C23H28ClNO3P+. The van der Waals surface area contributed by atoms with Gasteiger partial charge in [-0.3, -0.25) is 4.79 Å². The number of nitrogens with one attached hydrogen (secondary N) is 1. The van der Waals surface area contributed by atoms with Crippen LogP contribution in [0.5, 0.6) is 0 Å². The molecule has 0 spiro atoms. The number of hydrogen-bond donors (Lipinski definition) is 1. The maximum absolute atomic E-state index is 13.2. The molecule has 154 valence electrons. The van der Waals surface area contributed by atoms with Crippen molar-refractivity contribution in [3.8, 4) is 0 Å². The van der Waals surface area contributed by atoms with E-state index in [1.54, 1.807) is 0 Å². The highest BCUT2D eigenvalue weighted by molar-refractivity contribution is 7.78. The zero-order valence-corrected chi connectivity index (χ0v) is 19.1.